The third-order valence-electron chi connectivity index (χ3n) is 3.82. The van der Waals surface area contributed by atoms with Gasteiger partial charge in [0.25, 0.3) is 5.91 Å². The molecule has 0 saturated heterocycles. The molecule has 7 heteroatoms. The van der Waals surface area contributed by atoms with E-state index >= 15 is 0 Å². The minimum atomic E-state index is -0.349. The SMILES string of the molecule is CCOCCn1c(=NC(=O)/C=C/c2ccccc2Cl)sc2cc(Cl)ccc21. The lowest BCUT2D eigenvalue weighted by atomic mass is 10.2. The van der Waals surface area contributed by atoms with Gasteiger partial charge in [-0.25, -0.2) is 0 Å². The lowest BCUT2D eigenvalue weighted by molar-refractivity contribution is -0.113. The summed E-state index contributed by atoms with van der Waals surface area (Å²) in [7, 11) is 0. The second-order valence-electron chi connectivity index (χ2n) is 5.65. The van der Waals surface area contributed by atoms with Gasteiger partial charge in [-0.2, -0.15) is 4.99 Å². The topological polar surface area (TPSA) is 43.6 Å². The van der Waals surface area contributed by atoms with Crippen molar-refractivity contribution in [3.8, 4) is 0 Å². The second-order valence-corrected chi connectivity index (χ2v) is 7.50. The molecule has 0 unspecified atom stereocenters. The molecule has 0 spiro atoms. The summed E-state index contributed by atoms with van der Waals surface area (Å²) in [5, 5.41) is 1.24. The molecule has 0 fully saturated rings. The maximum atomic E-state index is 12.4. The number of hydrogen-bond acceptors (Lipinski definition) is 3. The van der Waals surface area contributed by atoms with Gasteiger partial charge < -0.3 is 9.30 Å². The van der Waals surface area contributed by atoms with Crippen LogP contribution in [0, 0.1) is 0 Å². The molecule has 0 bridgehead atoms. The van der Waals surface area contributed by atoms with Gasteiger partial charge in [0.1, 0.15) is 0 Å². The molecule has 1 heterocycles. The lowest BCUT2D eigenvalue weighted by Crippen LogP contribution is -2.19. The largest absolute Gasteiger partial charge is 0.380 e. The number of aromatic nitrogens is 1. The van der Waals surface area contributed by atoms with E-state index in [1.807, 2.05) is 47.9 Å². The minimum Gasteiger partial charge on any atom is -0.380 e. The standard InChI is InChI=1S/C20H18Cl2N2O2S/c1-2-26-12-11-24-17-9-8-15(21)13-18(17)27-20(24)23-19(25)10-7-14-5-3-4-6-16(14)22/h3-10,13H,2,11-12H2,1H3/b10-7+,23-20?. The van der Waals surface area contributed by atoms with Gasteiger partial charge in [-0.15, -0.1) is 0 Å². The molecule has 0 saturated carbocycles. The van der Waals surface area contributed by atoms with Crippen molar-refractivity contribution in [3.05, 3.63) is 69.0 Å². The number of fused-ring (bicyclic) bond motifs is 1. The van der Waals surface area contributed by atoms with Gasteiger partial charge in [-0.05, 0) is 42.8 Å². The predicted molar refractivity (Wildman–Crippen MR) is 112 cm³/mol. The summed E-state index contributed by atoms with van der Waals surface area (Å²) in [6, 6.07) is 13.0. The van der Waals surface area contributed by atoms with Crippen LogP contribution in [0.5, 0.6) is 0 Å². The maximum absolute atomic E-state index is 12.4. The molecular weight excluding hydrogens is 403 g/mol. The van der Waals surface area contributed by atoms with Gasteiger partial charge >= 0.3 is 0 Å². The molecule has 0 aliphatic heterocycles. The first-order chi connectivity index (χ1) is 13.1. The summed E-state index contributed by atoms with van der Waals surface area (Å²) in [5.41, 5.74) is 1.75. The Bertz CT molecular complexity index is 1050. The number of rotatable bonds is 6. The molecule has 27 heavy (non-hydrogen) atoms. The van der Waals surface area contributed by atoms with Gasteiger partial charge in [-0.1, -0.05) is 52.7 Å². The molecule has 1 aromatic heterocycles. The molecule has 140 valence electrons. The van der Waals surface area contributed by atoms with E-state index in [0.29, 0.717) is 34.6 Å². The first-order valence-corrected chi connectivity index (χ1v) is 10.0. The molecule has 3 rings (SSSR count). The van der Waals surface area contributed by atoms with Gasteiger partial charge in [-0.3, -0.25) is 4.79 Å². The summed E-state index contributed by atoms with van der Waals surface area (Å²) >= 11 is 13.6. The molecule has 0 aliphatic carbocycles. The van der Waals surface area contributed by atoms with Crippen LogP contribution in [0.3, 0.4) is 0 Å². The maximum Gasteiger partial charge on any atom is 0.272 e. The van der Waals surface area contributed by atoms with E-state index in [0.717, 1.165) is 15.8 Å². The average Bonchev–Trinajstić information content (AvgIpc) is 2.97. The van der Waals surface area contributed by atoms with Crippen LogP contribution >= 0.6 is 34.5 Å². The van der Waals surface area contributed by atoms with Crippen molar-refractivity contribution in [2.75, 3.05) is 13.2 Å². The molecule has 3 aromatic rings. The number of hydrogen-bond donors (Lipinski definition) is 0. The predicted octanol–water partition coefficient (Wildman–Crippen LogP) is 5.19. The van der Waals surface area contributed by atoms with Crippen LogP contribution in [0.4, 0.5) is 0 Å². The Balaban J connectivity index is 1.94. The van der Waals surface area contributed by atoms with E-state index in [-0.39, 0.29) is 5.91 Å². The average molecular weight is 421 g/mol. The van der Waals surface area contributed by atoms with Crippen LogP contribution < -0.4 is 4.80 Å². The Labute approximate surface area is 171 Å². The summed E-state index contributed by atoms with van der Waals surface area (Å²) in [6.45, 7) is 3.74. The van der Waals surface area contributed by atoms with Crippen LogP contribution in [0.2, 0.25) is 10.0 Å². The van der Waals surface area contributed by atoms with Crippen LogP contribution in [-0.4, -0.2) is 23.7 Å². The van der Waals surface area contributed by atoms with E-state index in [9.17, 15) is 4.79 Å². The summed E-state index contributed by atoms with van der Waals surface area (Å²) in [6.07, 6.45) is 3.09. The summed E-state index contributed by atoms with van der Waals surface area (Å²) in [5.74, 6) is -0.349. The number of halogens is 2. The number of amides is 1. The highest BCUT2D eigenvalue weighted by molar-refractivity contribution is 7.16. The zero-order valence-corrected chi connectivity index (χ0v) is 17.0. The molecule has 0 radical (unpaired) electrons. The lowest BCUT2D eigenvalue weighted by Gasteiger charge is -2.05. The van der Waals surface area contributed by atoms with Crippen molar-refractivity contribution >= 4 is 56.7 Å². The Morgan fingerprint density at radius 2 is 2.07 bits per heavy atom. The number of carbonyl (C=O) groups is 1. The zero-order valence-electron chi connectivity index (χ0n) is 14.7. The number of thiazole rings is 1. The van der Waals surface area contributed by atoms with Crippen LogP contribution in [0.25, 0.3) is 16.3 Å². The van der Waals surface area contributed by atoms with Crippen molar-refractivity contribution in [3.63, 3.8) is 0 Å². The van der Waals surface area contributed by atoms with E-state index in [1.54, 1.807) is 12.1 Å². The van der Waals surface area contributed by atoms with Crippen LogP contribution in [0.1, 0.15) is 12.5 Å². The molecule has 2 aromatic carbocycles. The molecule has 0 N–H and O–H groups in total. The Morgan fingerprint density at radius 1 is 1.26 bits per heavy atom. The van der Waals surface area contributed by atoms with E-state index in [2.05, 4.69) is 4.99 Å². The van der Waals surface area contributed by atoms with Crippen molar-refractivity contribution in [1.82, 2.24) is 4.57 Å². The van der Waals surface area contributed by atoms with Gasteiger partial charge in [0.05, 0.1) is 16.8 Å². The Hall–Kier alpha value is -1.92. The fourth-order valence-corrected chi connectivity index (χ4v) is 4.09. The Kier molecular flexibility index (Phi) is 6.85. The van der Waals surface area contributed by atoms with Crippen molar-refractivity contribution in [2.24, 2.45) is 4.99 Å². The van der Waals surface area contributed by atoms with Crippen molar-refractivity contribution in [2.45, 2.75) is 13.5 Å². The molecule has 4 nitrogen and oxygen atoms in total. The second kappa shape index (κ2) is 9.33. The fourth-order valence-electron chi connectivity index (χ4n) is 2.55. The van der Waals surface area contributed by atoms with Crippen LogP contribution in [-0.2, 0) is 16.1 Å². The van der Waals surface area contributed by atoms with E-state index in [4.69, 9.17) is 27.9 Å². The highest BCUT2D eigenvalue weighted by atomic mass is 35.5. The highest BCUT2D eigenvalue weighted by Gasteiger charge is 2.08. The van der Waals surface area contributed by atoms with Gasteiger partial charge in [0, 0.05) is 29.3 Å². The molecule has 0 atom stereocenters. The zero-order chi connectivity index (χ0) is 19.2. The van der Waals surface area contributed by atoms with Crippen molar-refractivity contribution in [1.29, 1.82) is 0 Å². The monoisotopic (exact) mass is 420 g/mol. The smallest absolute Gasteiger partial charge is 0.272 e. The fraction of sp³-hybridized carbons (Fsp3) is 0.200. The number of nitrogens with zero attached hydrogens (tertiary/aromatic N) is 2. The number of benzene rings is 2. The third kappa shape index (κ3) is 5.08. The summed E-state index contributed by atoms with van der Waals surface area (Å²) < 4.78 is 8.41. The number of carbonyl (C=O) groups excluding carboxylic acids is 1. The van der Waals surface area contributed by atoms with Gasteiger partial charge in [0.15, 0.2) is 4.80 Å². The third-order valence-corrected chi connectivity index (χ3v) is 5.45. The van der Waals surface area contributed by atoms with E-state index in [1.165, 1.54) is 17.4 Å². The Morgan fingerprint density at radius 3 is 2.85 bits per heavy atom. The van der Waals surface area contributed by atoms with Crippen molar-refractivity contribution < 1.29 is 9.53 Å². The quantitative estimate of drug-likeness (QED) is 0.406. The minimum absolute atomic E-state index is 0.349. The molecule has 0 aliphatic rings. The highest BCUT2D eigenvalue weighted by Crippen LogP contribution is 2.22. The van der Waals surface area contributed by atoms with Crippen LogP contribution in [0.15, 0.2) is 53.5 Å². The summed E-state index contributed by atoms with van der Waals surface area (Å²) in [4.78, 5) is 17.2. The first kappa shape index (κ1) is 19.8. The molecule has 1 amide bonds. The van der Waals surface area contributed by atoms with E-state index < -0.39 is 0 Å². The molecular formula is C20H18Cl2N2O2S. The number of ether oxygens (including phenoxy) is 1. The van der Waals surface area contributed by atoms with Gasteiger partial charge in [0.2, 0.25) is 0 Å². The normalized spacial score (nSPS) is 12.3. The first-order valence-electron chi connectivity index (χ1n) is 8.46.